The minimum Gasteiger partial charge on any atom is -0.469 e. The lowest BCUT2D eigenvalue weighted by molar-refractivity contribution is -0.130. The van der Waals surface area contributed by atoms with E-state index in [1.165, 1.54) is 11.8 Å². The van der Waals surface area contributed by atoms with Crippen LogP contribution in [0.5, 0.6) is 0 Å². The fourth-order valence-electron chi connectivity index (χ4n) is 3.55. The first kappa shape index (κ1) is 18.5. The fourth-order valence-corrected chi connectivity index (χ4v) is 6.04. The number of furan rings is 1. The summed E-state index contributed by atoms with van der Waals surface area (Å²) in [6.07, 6.45) is 4.07. The van der Waals surface area contributed by atoms with Crippen molar-refractivity contribution >= 4 is 27.5 Å². The molecular weight excluding hydrogens is 388 g/mol. The predicted octanol–water partition coefficient (Wildman–Crippen LogP) is 1.65. The van der Waals surface area contributed by atoms with Crippen LogP contribution in [0.1, 0.15) is 25.0 Å². The fraction of sp³-hybridized carbons (Fsp3) is 0.588. The van der Waals surface area contributed by atoms with Crippen LogP contribution < -0.4 is 0 Å². The number of aryl methyl sites for hydroxylation is 1. The molecule has 2 fully saturated rings. The van der Waals surface area contributed by atoms with E-state index in [1.54, 1.807) is 6.26 Å². The van der Waals surface area contributed by atoms with Crippen LogP contribution >= 0.6 is 11.8 Å². The predicted molar refractivity (Wildman–Crippen MR) is 101 cm³/mol. The molecule has 8 nitrogen and oxygen atoms in total. The highest BCUT2D eigenvalue weighted by molar-refractivity contribution is 7.99. The summed E-state index contributed by atoms with van der Waals surface area (Å²) in [5.41, 5.74) is 0.874. The summed E-state index contributed by atoms with van der Waals surface area (Å²) in [6, 6.07) is 1.85. The largest absolute Gasteiger partial charge is 0.469 e. The number of carbonyl (C=O) groups is 1. The topological polar surface area (TPSA) is 98.3 Å². The van der Waals surface area contributed by atoms with Crippen molar-refractivity contribution in [2.75, 3.05) is 17.3 Å². The van der Waals surface area contributed by atoms with E-state index in [9.17, 15) is 13.2 Å². The number of thioether (sulfide) groups is 1. The maximum atomic E-state index is 12.8. The second-order valence-electron chi connectivity index (χ2n) is 7.13. The second kappa shape index (κ2) is 6.97. The highest BCUT2D eigenvalue weighted by atomic mass is 32.2. The molecule has 146 valence electrons. The van der Waals surface area contributed by atoms with Crippen molar-refractivity contribution in [3.05, 3.63) is 18.1 Å². The van der Waals surface area contributed by atoms with Gasteiger partial charge in [-0.2, -0.15) is 0 Å². The van der Waals surface area contributed by atoms with Crippen molar-refractivity contribution < 1.29 is 17.6 Å². The molecule has 2 aliphatic rings. The number of amides is 1. The third-order valence-corrected chi connectivity index (χ3v) is 7.84. The molecule has 4 rings (SSSR count). The smallest absolute Gasteiger partial charge is 0.233 e. The standard InChI is InChI=1S/C17H22N4O4S2/c1-11-14(5-7-25-11)16-18-19-17(20(16)2)26-9-15(22)21(12-3-4-12)13-6-8-27(23,24)10-13/h5,7,12-13H,3-4,6,8-10H2,1-2H3/t13-/m0/s1. The molecular formula is C17H22N4O4S2. The summed E-state index contributed by atoms with van der Waals surface area (Å²) < 4.78 is 30.8. The summed E-state index contributed by atoms with van der Waals surface area (Å²) in [5.74, 6) is 1.93. The molecule has 27 heavy (non-hydrogen) atoms. The quantitative estimate of drug-likeness (QED) is 0.668. The monoisotopic (exact) mass is 410 g/mol. The summed E-state index contributed by atoms with van der Waals surface area (Å²) >= 11 is 1.33. The minimum absolute atomic E-state index is 0.0198. The zero-order chi connectivity index (χ0) is 19.2. The number of aromatic nitrogens is 3. The molecule has 1 aliphatic carbocycles. The van der Waals surface area contributed by atoms with E-state index in [0.717, 1.165) is 24.2 Å². The molecule has 0 N–H and O–H groups in total. The summed E-state index contributed by atoms with van der Waals surface area (Å²) in [7, 11) is -1.16. The van der Waals surface area contributed by atoms with Crippen molar-refractivity contribution in [3.8, 4) is 11.4 Å². The van der Waals surface area contributed by atoms with Crippen LogP contribution in [0.4, 0.5) is 0 Å². The van der Waals surface area contributed by atoms with Gasteiger partial charge in [0.15, 0.2) is 20.8 Å². The van der Waals surface area contributed by atoms with Crippen molar-refractivity contribution in [1.82, 2.24) is 19.7 Å². The normalized spacial score (nSPS) is 21.5. The van der Waals surface area contributed by atoms with Gasteiger partial charge >= 0.3 is 0 Å². The van der Waals surface area contributed by atoms with Crippen LogP contribution in [0.25, 0.3) is 11.4 Å². The first-order valence-corrected chi connectivity index (χ1v) is 11.7. The van der Waals surface area contributed by atoms with Crippen LogP contribution in [0.15, 0.2) is 21.9 Å². The van der Waals surface area contributed by atoms with Gasteiger partial charge in [0.25, 0.3) is 0 Å². The molecule has 1 amide bonds. The third-order valence-electron chi connectivity index (χ3n) is 5.09. The molecule has 1 saturated heterocycles. The molecule has 0 bridgehead atoms. The molecule has 0 unspecified atom stereocenters. The summed E-state index contributed by atoms with van der Waals surface area (Å²) in [6.45, 7) is 1.86. The van der Waals surface area contributed by atoms with Crippen LogP contribution in [0.3, 0.4) is 0 Å². The summed E-state index contributed by atoms with van der Waals surface area (Å²) in [4.78, 5) is 14.6. The minimum atomic E-state index is -3.02. The number of hydrogen-bond donors (Lipinski definition) is 0. The van der Waals surface area contributed by atoms with Crippen LogP contribution in [0, 0.1) is 6.92 Å². The average molecular weight is 411 g/mol. The average Bonchev–Trinajstić information content (AvgIpc) is 3.10. The Hall–Kier alpha value is -1.81. The lowest BCUT2D eigenvalue weighted by Crippen LogP contribution is -2.43. The van der Waals surface area contributed by atoms with E-state index in [0.29, 0.717) is 17.4 Å². The second-order valence-corrected chi connectivity index (χ2v) is 10.3. The van der Waals surface area contributed by atoms with Crippen molar-refractivity contribution in [1.29, 1.82) is 0 Å². The van der Waals surface area contributed by atoms with E-state index < -0.39 is 9.84 Å². The van der Waals surface area contributed by atoms with E-state index in [4.69, 9.17) is 4.42 Å². The molecule has 2 aromatic heterocycles. The Labute approximate surface area is 162 Å². The lowest BCUT2D eigenvalue weighted by Gasteiger charge is -2.28. The van der Waals surface area contributed by atoms with Gasteiger partial charge in [0.1, 0.15) is 5.76 Å². The number of hydrogen-bond acceptors (Lipinski definition) is 7. The Bertz CT molecular complexity index is 961. The number of rotatable bonds is 6. The van der Waals surface area contributed by atoms with Gasteiger partial charge in [-0.05, 0) is 32.3 Å². The Kier molecular flexibility index (Phi) is 4.79. The Morgan fingerprint density at radius 2 is 2.11 bits per heavy atom. The van der Waals surface area contributed by atoms with Gasteiger partial charge in [0.05, 0.1) is 29.1 Å². The number of nitrogens with zero attached hydrogens (tertiary/aromatic N) is 4. The zero-order valence-corrected chi connectivity index (χ0v) is 16.9. The molecule has 3 heterocycles. The highest BCUT2D eigenvalue weighted by Gasteiger charge is 2.42. The van der Waals surface area contributed by atoms with E-state index >= 15 is 0 Å². The zero-order valence-electron chi connectivity index (χ0n) is 15.3. The number of carbonyl (C=O) groups excluding carboxylic acids is 1. The first-order chi connectivity index (χ1) is 12.9. The van der Waals surface area contributed by atoms with Gasteiger partial charge in [-0.3, -0.25) is 4.79 Å². The Balaban J connectivity index is 1.44. The molecule has 0 aromatic carbocycles. The highest BCUT2D eigenvalue weighted by Crippen LogP contribution is 2.33. The van der Waals surface area contributed by atoms with Crippen molar-refractivity contribution in [2.24, 2.45) is 7.05 Å². The van der Waals surface area contributed by atoms with Crippen molar-refractivity contribution in [2.45, 2.75) is 43.4 Å². The van der Waals surface area contributed by atoms with Gasteiger partial charge in [0, 0.05) is 19.1 Å². The van der Waals surface area contributed by atoms with Crippen LogP contribution in [-0.2, 0) is 21.7 Å². The van der Waals surface area contributed by atoms with E-state index in [2.05, 4.69) is 10.2 Å². The van der Waals surface area contributed by atoms with Crippen LogP contribution in [-0.4, -0.2) is 63.3 Å². The summed E-state index contributed by atoms with van der Waals surface area (Å²) in [5, 5.41) is 9.05. The van der Waals surface area contributed by atoms with Gasteiger partial charge in [0.2, 0.25) is 5.91 Å². The SMILES string of the molecule is Cc1occc1-c1nnc(SCC(=O)N(C2CC2)[C@H]2CCS(=O)(=O)C2)n1C. The molecule has 1 atom stereocenters. The van der Waals surface area contributed by atoms with Gasteiger partial charge < -0.3 is 13.9 Å². The van der Waals surface area contributed by atoms with E-state index in [-0.39, 0.29) is 35.2 Å². The lowest BCUT2D eigenvalue weighted by atomic mass is 10.2. The number of sulfone groups is 1. The Morgan fingerprint density at radius 3 is 2.70 bits per heavy atom. The van der Waals surface area contributed by atoms with Crippen LogP contribution in [0.2, 0.25) is 0 Å². The van der Waals surface area contributed by atoms with Gasteiger partial charge in [-0.25, -0.2) is 8.42 Å². The van der Waals surface area contributed by atoms with Gasteiger partial charge in [-0.15, -0.1) is 10.2 Å². The maximum Gasteiger partial charge on any atom is 0.233 e. The first-order valence-electron chi connectivity index (χ1n) is 8.94. The molecule has 0 spiro atoms. The molecule has 10 heteroatoms. The molecule has 0 radical (unpaired) electrons. The van der Waals surface area contributed by atoms with E-state index in [1.807, 2.05) is 29.5 Å². The molecule has 1 saturated carbocycles. The molecule has 2 aromatic rings. The van der Waals surface area contributed by atoms with Gasteiger partial charge in [-0.1, -0.05) is 11.8 Å². The third kappa shape index (κ3) is 3.77. The Morgan fingerprint density at radius 1 is 1.33 bits per heavy atom. The maximum absolute atomic E-state index is 12.8. The molecule has 1 aliphatic heterocycles. The van der Waals surface area contributed by atoms with Crippen molar-refractivity contribution in [3.63, 3.8) is 0 Å².